The van der Waals surface area contributed by atoms with Crippen molar-refractivity contribution in [2.75, 3.05) is 39.5 Å². The van der Waals surface area contributed by atoms with E-state index in [-0.39, 0.29) is 18.2 Å². The molecule has 106 valence electrons. The number of ether oxygens (including phenoxy) is 2. The van der Waals surface area contributed by atoms with Gasteiger partial charge in [-0.25, -0.2) is 0 Å². The van der Waals surface area contributed by atoms with Crippen LogP contribution in [-0.4, -0.2) is 51.3 Å². The minimum Gasteiger partial charge on any atom is -0.377 e. The molecular formula is C13H20N2O4. The molecule has 0 saturated carbocycles. The average Bonchev–Trinajstić information content (AvgIpc) is 2.40. The molecule has 6 heteroatoms. The molecular weight excluding hydrogens is 248 g/mol. The molecule has 6 nitrogen and oxygen atoms in total. The predicted molar refractivity (Wildman–Crippen MR) is 71.3 cm³/mol. The summed E-state index contributed by atoms with van der Waals surface area (Å²) in [5.41, 5.74) is 0. The van der Waals surface area contributed by atoms with Crippen molar-refractivity contribution in [3.63, 3.8) is 0 Å². The van der Waals surface area contributed by atoms with Gasteiger partial charge in [-0.15, -0.1) is 6.42 Å². The molecule has 0 aromatic rings. The summed E-state index contributed by atoms with van der Waals surface area (Å²) in [6.45, 7) is 5.88. The summed E-state index contributed by atoms with van der Waals surface area (Å²) in [6, 6.07) is 0. The highest BCUT2D eigenvalue weighted by Crippen LogP contribution is 1.80. The maximum absolute atomic E-state index is 11.0. The summed E-state index contributed by atoms with van der Waals surface area (Å²) in [5.74, 6) is 1.85. The first-order chi connectivity index (χ1) is 9.20. The third-order valence-corrected chi connectivity index (χ3v) is 1.93. The van der Waals surface area contributed by atoms with Gasteiger partial charge in [0.25, 0.3) is 0 Å². The van der Waals surface area contributed by atoms with E-state index in [2.05, 4.69) is 23.1 Å². The van der Waals surface area contributed by atoms with Gasteiger partial charge in [0.1, 0.15) is 0 Å². The van der Waals surface area contributed by atoms with Crippen LogP contribution in [0.1, 0.15) is 6.42 Å². The molecule has 19 heavy (non-hydrogen) atoms. The summed E-state index contributed by atoms with van der Waals surface area (Å²) in [5, 5.41) is 5.19. The highest BCUT2D eigenvalue weighted by Gasteiger charge is 1.97. The fourth-order valence-electron chi connectivity index (χ4n) is 1.06. The number of nitrogens with one attached hydrogen (secondary N) is 2. The zero-order valence-corrected chi connectivity index (χ0v) is 10.9. The number of rotatable bonds is 11. The average molecular weight is 268 g/mol. The standard InChI is InChI=1S/C13H20N2O4/c1-3-5-13(17)15-7-9-19-11-10-18-8-6-14-12(16)4-2/h1,4H,2,5-11H2,(H,14,16)(H,15,17). The van der Waals surface area contributed by atoms with E-state index in [4.69, 9.17) is 15.9 Å². The zero-order chi connectivity index (χ0) is 14.3. The van der Waals surface area contributed by atoms with Crippen LogP contribution >= 0.6 is 0 Å². The Balaban J connectivity index is 3.15. The number of carbonyl (C=O) groups excluding carboxylic acids is 2. The van der Waals surface area contributed by atoms with Crippen molar-refractivity contribution in [3.8, 4) is 12.3 Å². The molecule has 0 rings (SSSR count). The summed E-state index contributed by atoms with van der Waals surface area (Å²) >= 11 is 0. The lowest BCUT2D eigenvalue weighted by Gasteiger charge is -2.06. The van der Waals surface area contributed by atoms with Crippen molar-refractivity contribution >= 4 is 11.8 Å². The van der Waals surface area contributed by atoms with Crippen LogP contribution in [0.4, 0.5) is 0 Å². The minimum absolute atomic E-state index is 0.0829. The van der Waals surface area contributed by atoms with Crippen molar-refractivity contribution in [2.24, 2.45) is 0 Å². The molecule has 0 aromatic heterocycles. The van der Waals surface area contributed by atoms with E-state index in [1.807, 2.05) is 0 Å². The van der Waals surface area contributed by atoms with E-state index in [1.54, 1.807) is 0 Å². The maximum atomic E-state index is 11.0. The lowest BCUT2D eigenvalue weighted by Crippen LogP contribution is -2.27. The summed E-state index contributed by atoms with van der Waals surface area (Å²) in [4.78, 5) is 21.7. The topological polar surface area (TPSA) is 76.7 Å². The summed E-state index contributed by atoms with van der Waals surface area (Å²) < 4.78 is 10.4. The Labute approximate surface area is 113 Å². The zero-order valence-electron chi connectivity index (χ0n) is 10.9. The Hall–Kier alpha value is -1.84. The van der Waals surface area contributed by atoms with Crippen LogP contribution < -0.4 is 10.6 Å². The van der Waals surface area contributed by atoms with Crippen LogP contribution in [0.25, 0.3) is 0 Å². The van der Waals surface area contributed by atoms with Crippen molar-refractivity contribution < 1.29 is 19.1 Å². The lowest BCUT2D eigenvalue weighted by molar-refractivity contribution is -0.120. The van der Waals surface area contributed by atoms with Crippen LogP contribution in [0.5, 0.6) is 0 Å². The Morgan fingerprint density at radius 1 is 1.11 bits per heavy atom. The SMILES string of the molecule is C#CCC(=O)NCCOCCOCCNC(=O)C=C. The second-order valence-corrected chi connectivity index (χ2v) is 3.45. The van der Waals surface area contributed by atoms with Gasteiger partial charge >= 0.3 is 0 Å². The predicted octanol–water partition coefficient (Wildman–Crippen LogP) is -0.539. The number of hydrogen-bond donors (Lipinski definition) is 2. The van der Waals surface area contributed by atoms with E-state index in [1.165, 1.54) is 6.08 Å². The molecule has 0 aliphatic heterocycles. The van der Waals surface area contributed by atoms with Gasteiger partial charge in [-0.3, -0.25) is 9.59 Å². The smallest absolute Gasteiger partial charge is 0.243 e. The van der Waals surface area contributed by atoms with Gasteiger partial charge < -0.3 is 20.1 Å². The van der Waals surface area contributed by atoms with Gasteiger partial charge in [0.05, 0.1) is 32.8 Å². The van der Waals surface area contributed by atoms with Gasteiger partial charge in [-0.2, -0.15) is 0 Å². The molecule has 0 aliphatic rings. The Morgan fingerprint density at radius 3 is 2.21 bits per heavy atom. The Morgan fingerprint density at radius 2 is 1.68 bits per heavy atom. The van der Waals surface area contributed by atoms with E-state index in [0.29, 0.717) is 39.5 Å². The van der Waals surface area contributed by atoms with Crippen molar-refractivity contribution in [3.05, 3.63) is 12.7 Å². The van der Waals surface area contributed by atoms with E-state index >= 15 is 0 Å². The van der Waals surface area contributed by atoms with Crippen molar-refractivity contribution in [2.45, 2.75) is 6.42 Å². The quantitative estimate of drug-likeness (QED) is 0.300. The molecule has 0 bridgehead atoms. The largest absolute Gasteiger partial charge is 0.377 e. The first kappa shape index (κ1) is 17.2. The monoisotopic (exact) mass is 268 g/mol. The number of carbonyl (C=O) groups is 2. The van der Waals surface area contributed by atoms with Crippen molar-refractivity contribution in [1.29, 1.82) is 0 Å². The Kier molecular flexibility index (Phi) is 11.4. The molecule has 0 aromatic carbocycles. The number of amides is 2. The van der Waals surface area contributed by atoms with Gasteiger partial charge in [-0.1, -0.05) is 12.5 Å². The molecule has 0 saturated heterocycles. The van der Waals surface area contributed by atoms with E-state index < -0.39 is 0 Å². The van der Waals surface area contributed by atoms with Crippen LogP contribution in [-0.2, 0) is 19.1 Å². The van der Waals surface area contributed by atoms with Crippen LogP contribution in [0.15, 0.2) is 12.7 Å². The molecule has 0 atom stereocenters. The maximum Gasteiger partial charge on any atom is 0.243 e. The molecule has 2 amide bonds. The second kappa shape index (κ2) is 12.6. The third kappa shape index (κ3) is 12.4. The first-order valence-corrected chi connectivity index (χ1v) is 5.96. The van der Waals surface area contributed by atoms with Gasteiger partial charge in [0.2, 0.25) is 11.8 Å². The molecule has 2 N–H and O–H groups in total. The van der Waals surface area contributed by atoms with E-state index in [0.717, 1.165) is 0 Å². The fraction of sp³-hybridized carbons (Fsp3) is 0.538. The summed E-state index contributed by atoms with van der Waals surface area (Å²) in [6.07, 6.45) is 6.27. The molecule has 0 unspecified atom stereocenters. The Bertz CT molecular complexity index is 323. The molecule has 0 radical (unpaired) electrons. The second-order valence-electron chi connectivity index (χ2n) is 3.45. The third-order valence-electron chi connectivity index (χ3n) is 1.93. The molecule has 0 fully saturated rings. The highest BCUT2D eigenvalue weighted by molar-refractivity contribution is 5.86. The highest BCUT2D eigenvalue weighted by atomic mass is 16.5. The summed E-state index contributed by atoms with van der Waals surface area (Å²) in [7, 11) is 0. The molecule has 0 aliphatic carbocycles. The van der Waals surface area contributed by atoms with Crippen LogP contribution in [0, 0.1) is 12.3 Å². The van der Waals surface area contributed by atoms with Crippen LogP contribution in [0.2, 0.25) is 0 Å². The molecule has 0 spiro atoms. The number of terminal acetylenes is 1. The lowest BCUT2D eigenvalue weighted by atomic mass is 10.4. The van der Waals surface area contributed by atoms with Crippen molar-refractivity contribution in [1.82, 2.24) is 10.6 Å². The van der Waals surface area contributed by atoms with Gasteiger partial charge in [0.15, 0.2) is 0 Å². The van der Waals surface area contributed by atoms with Gasteiger partial charge in [-0.05, 0) is 6.08 Å². The fourth-order valence-corrected chi connectivity index (χ4v) is 1.06. The van der Waals surface area contributed by atoms with Crippen LogP contribution in [0.3, 0.4) is 0 Å². The van der Waals surface area contributed by atoms with Gasteiger partial charge in [0, 0.05) is 13.1 Å². The van der Waals surface area contributed by atoms with E-state index in [9.17, 15) is 9.59 Å². The molecule has 0 heterocycles. The first-order valence-electron chi connectivity index (χ1n) is 5.96. The normalized spacial score (nSPS) is 9.42. The number of hydrogen-bond acceptors (Lipinski definition) is 4. The minimum atomic E-state index is -0.220.